The van der Waals surface area contributed by atoms with Gasteiger partial charge in [0.15, 0.2) is 0 Å². The zero-order chi connectivity index (χ0) is 12.6. The molecule has 3 nitrogen and oxygen atoms in total. The molecule has 0 heterocycles. The number of carbonyl (C=O) groups excluding carboxylic acids is 1. The Kier molecular flexibility index (Phi) is 5.21. The number of hydrogen-bond donors (Lipinski definition) is 1. The number of amides is 1. The zero-order valence-corrected chi connectivity index (χ0v) is 10.7. The topological polar surface area (TPSA) is 38.3 Å². The number of nitrogens with one attached hydrogen (secondary N) is 1. The van der Waals surface area contributed by atoms with Gasteiger partial charge in [0.1, 0.15) is 6.61 Å². The smallest absolute Gasteiger partial charge is 0.246 e. The third kappa shape index (κ3) is 4.49. The van der Waals surface area contributed by atoms with E-state index in [1.54, 1.807) is 0 Å². The maximum absolute atomic E-state index is 11.6. The second-order valence-corrected chi connectivity index (χ2v) is 4.83. The van der Waals surface area contributed by atoms with Crippen molar-refractivity contribution < 1.29 is 9.53 Å². The van der Waals surface area contributed by atoms with Gasteiger partial charge in [-0.15, -0.1) is 0 Å². The van der Waals surface area contributed by atoms with Crippen LogP contribution in [0.1, 0.15) is 37.7 Å². The fraction of sp³-hybridized carbons (Fsp3) is 0.533. The fourth-order valence-corrected chi connectivity index (χ4v) is 2.27. The zero-order valence-electron chi connectivity index (χ0n) is 10.7. The number of ether oxygens (including phenoxy) is 1. The molecule has 0 bridgehead atoms. The molecule has 0 aliphatic heterocycles. The minimum Gasteiger partial charge on any atom is -0.368 e. The molecule has 0 saturated heterocycles. The summed E-state index contributed by atoms with van der Waals surface area (Å²) in [7, 11) is 0. The van der Waals surface area contributed by atoms with Gasteiger partial charge in [-0.05, 0) is 18.4 Å². The molecule has 1 N–H and O–H groups in total. The van der Waals surface area contributed by atoms with Crippen molar-refractivity contribution >= 4 is 5.91 Å². The van der Waals surface area contributed by atoms with Gasteiger partial charge in [-0.25, -0.2) is 0 Å². The maximum Gasteiger partial charge on any atom is 0.246 e. The van der Waals surface area contributed by atoms with Crippen LogP contribution in [0.3, 0.4) is 0 Å². The molecule has 18 heavy (non-hydrogen) atoms. The van der Waals surface area contributed by atoms with Crippen LogP contribution in [0.25, 0.3) is 0 Å². The summed E-state index contributed by atoms with van der Waals surface area (Å²) < 4.78 is 5.62. The lowest BCUT2D eigenvalue weighted by Crippen LogP contribution is -2.30. The Labute approximate surface area is 109 Å². The third-order valence-corrected chi connectivity index (χ3v) is 3.33. The highest BCUT2D eigenvalue weighted by Gasteiger charge is 2.14. The number of benzene rings is 1. The normalized spacial score (nSPS) is 16.4. The van der Waals surface area contributed by atoms with Gasteiger partial charge in [0, 0.05) is 6.54 Å². The fourth-order valence-electron chi connectivity index (χ4n) is 2.27. The largest absolute Gasteiger partial charge is 0.368 e. The van der Waals surface area contributed by atoms with Gasteiger partial charge in [0.2, 0.25) is 5.91 Å². The van der Waals surface area contributed by atoms with Crippen molar-refractivity contribution in [2.45, 2.75) is 44.8 Å². The SMILES string of the molecule is O=C(COC1CCCCC1)NCc1ccccc1. The molecule has 1 amide bonds. The molecule has 2 rings (SSSR count). The first-order valence-electron chi connectivity index (χ1n) is 6.77. The van der Waals surface area contributed by atoms with Crippen molar-refractivity contribution in [2.75, 3.05) is 6.61 Å². The molecule has 0 spiro atoms. The summed E-state index contributed by atoms with van der Waals surface area (Å²) >= 11 is 0. The van der Waals surface area contributed by atoms with Gasteiger partial charge in [-0.2, -0.15) is 0 Å². The molecule has 1 fully saturated rings. The molecule has 0 aromatic heterocycles. The second kappa shape index (κ2) is 7.17. The first kappa shape index (κ1) is 13.1. The highest BCUT2D eigenvalue weighted by atomic mass is 16.5. The Balaban J connectivity index is 1.63. The van der Waals surface area contributed by atoms with E-state index in [9.17, 15) is 4.79 Å². The molecular weight excluding hydrogens is 226 g/mol. The Morgan fingerprint density at radius 3 is 2.61 bits per heavy atom. The van der Waals surface area contributed by atoms with Crippen LogP contribution in [-0.4, -0.2) is 18.6 Å². The number of rotatable bonds is 5. The molecule has 1 aromatic carbocycles. The molecule has 0 radical (unpaired) electrons. The summed E-state index contributed by atoms with van der Waals surface area (Å²) in [5, 5.41) is 2.87. The summed E-state index contributed by atoms with van der Waals surface area (Å²) in [5.41, 5.74) is 1.11. The van der Waals surface area contributed by atoms with Crippen molar-refractivity contribution in [3.05, 3.63) is 35.9 Å². The van der Waals surface area contributed by atoms with E-state index in [-0.39, 0.29) is 12.5 Å². The number of carbonyl (C=O) groups is 1. The lowest BCUT2D eigenvalue weighted by atomic mass is 9.98. The summed E-state index contributed by atoms with van der Waals surface area (Å²) in [6, 6.07) is 9.92. The van der Waals surface area contributed by atoms with E-state index in [4.69, 9.17) is 4.74 Å². The highest BCUT2D eigenvalue weighted by molar-refractivity contribution is 5.77. The summed E-state index contributed by atoms with van der Waals surface area (Å²) in [5.74, 6) is -0.0237. The molecular formula is C15H21NO2. The van der Waals surface area contributed by atoms with E-state index in [1.807, 2.05) is 30.3 Å². The highest BCUT2D eigenvalue weighted by Crippen LogP contribution is 2.19. The Morgan fingerprint density at radius 2 is 1.89 bits per heavy atom. The monoisotopic (exact) mass is 247 g/mol. The van der Waals surface area contributed by atoms with Crippen molar-refractivity contribution in [2.24, 2.45) is 0 Å². The van der Waals surface area contributed by atoms with Crippen molar-refractivity contribution in [3.8, 4) is 0 Å². The van der Waals surface area contributed by atoms with E-state index in [0.29, 0.717) is 12.6 Å². The summed E-state index contributed by atoms with van der Waals surface area (Å²) in [6.45, 7) is 0.769. The molecule has 1 aliphatic carbocycles. The van der Waals surface area contributed by atoms with Crippen LogP contribution in [0, 0.1) is 0 Å². The van der Waals surface area contributed by atoms with Crippen LogP contribution in [0.15, 0.2) is 30.3 Å². The van der Waals surface area contributed by atoms with Gasteiger partial charge in [0.05, 0.1) is 6.10 Å². The quantitative estimate of drug-likeness (QED) is 0.868. The van der Waals surface area contributed by atoms with Crippen LogP contribution in [0.5, 0.6) is 0 Å². The molecule has 1 aromatic rings. The molecule has 98 valence electrons. The van der Waals surface area contributed by atoms with Gasteiger partial charge in [-0.3, -0.25) is 4.79 Å². The van der Waals surface area contributed by atoms with Crippen LogP contribution in [0.2, 0.25) is 0 Å². The minimum absolute atomic E-state index is 0.0237. The van der Waals surface area contributed by atoms with Crippen molar-refractivity contribution in [1.82, 2.24) is 5.32 Å². The summed E-state index contributed by atoms with van der Waals surface area (Å²) in [6.07, 6.45) is 6.27. The number of hydrogen-bond acceptors (Lipinski definition) is 2. The van der Waals surface area contributed by atoms with Gasteiger partial charge in [-0.1, -0.05) is 49.6 Å². The second-order valence-electron chi connectivity index (χ2n) is 4.83. The lowest BCUT2D eigenvalue weighted by Gasteiger charge is -2.21. The minimum atomic E-state index is -0.0237. The van der Waals surface area contributed by atoms with Crippen LogP contribution < -0.4 is 5.32 Å². The van der Waals surface area contributed by atoms with E-state index in [2.05, 4.69) is 5.32 Å². The molecule has 0 atom stereocenters. The predicted molar refractivity (Wildman–Crippen MR) is 71.1 cm³/mol. The first-order valence-corrected chi connectivity index (χ1v) is 6.77. The Hall–Kier alpha value is -1.35. The molecule has 1 aliphatic rings. The molecule has 0 unspecified atom stereocenters. The standard InChI is InChI=1S/C15H21NO2/c17-15(12-18-14-9-5-2-6-10-14)16-11-13-7-3-1-4-8-13/h1,3-4,7-8,14H,2,5-6,9-12H2,(H,16,17). The van der Waals surface area contributed by atoms with E-state index < -0.39 is 0 Å². The van der Waals surface area contributed by atoms with E-state index >= 15 is 0 Å². The van der Waals surface area contributed by atoms with E-state index in [1.165, 1.54) is 19.3 Å². The molecule has 1 saturated carbocycles. The Morgan fingerprint density at radius 1 is 1.17 bits per heavy atom. The predicted octanol–water partition coefficient (Wildman–Crippen LogP) is 2.65. The Bertz CT molecular complexity index is 358. The summed E-state index contributed by atoms with van der Waals surface area (Å²) in [4.78, 5) is 11.6. The van der Waals surface area contributed by atoms with Crippen molar-refractivity contribution in [1.29, 1.82) is 0 Å². The first-order chi connectivity index (χ1) is 8.84. The van der Waals surface area contributed by atoms with Gasteiger partial charge in [0.25, 0.3) is 0 Å². The molecule has 3 heteroatoms. The van der Waals surface area contributed by atoms with E-state index in [0.717, 1.165) is 18.4 Å². The van der Waals surface area contributed by atoms with Gasteiger partial charge < -0.3 is 10.1 Å². The van der Waals surface area contributed by atoms with Crippen LogP contribution in [0.4, 0.5) is 0 Å². The third-order valence-electron chi connectivity index (χ3n) is 3.33. The van der Waals surface area contributed by atoms with Crippen LogP contribution in [-0.2, 0) is 16.1 Å². The average Bonchev–Trinajstić information content (AvgIpc) is 2.45. The van der Waals surface area contributed by atoms with Crippen LogP contribution >= 0.6 is 0 Å². The maximum atomic E-state index is 11.6. The average molecular weight is 247 g/mol. The lowest BCUT2D eigenvalue weighted by molar-refractivity contribution is -0.128. The van der Waals surface area contributed by atoms with Crippen molar-refractivity contribution in [3.63, 3.8) is 0 Å². The van der Waals surface area contributed by atoms with Gasteiger partial charge >= 0.3 is 0 Å².